The summed E-state index contributed by atoms with van der Waals surface area (Å²) in [5.74, 6) is -1.37. The summed E-state index contributed by atoms with van der Waals surface area (Å²) in [7, 11) is 0. The first kappa shape index (κ1) is 14.5. The largest absolute Gasteiger partial charge is 0.480 e. The molecule has 0 bridgehead atoms. The fourth-order valence-electron chi connectivity index (χ4n) is 2.01. The highest BCUT2D eigenvalue weighted by molar-refractivity contribution is 7.17. The van der Waals surface area contributed by atoms with E-state index in [1.807, 2.05) is 24.3 Å². The van der Waals surface area contributed by atoms with E-state index in [-0.39, 0.29) is 5.91 Å². The molecule has 0 saturated heterocycles. The molecule has 0 aliphatic rings. The van der Waals surface area contributed by atoms with E-state index in [4.69, 9.17) is 0 Å². The normalized spacial score (nSPS) is 13.2. The van der Waals surface area contributed by atoms with E-state index >= 15 is 0 Å². The fourth-order valence-corrected chi connectivity index (χ4v) is 2.95. The molecule has 0 radical (unpaired) electrons. The van der Waals surface area contributed by atoms with Gasteiger partial charge in [-0.1, -0.05) is 39.0 Å². The molecule has 2 aromatic rings. The van der Waals surface area contributed by atoms with Crippen LogP contribution in [0.1, 0.15) is 31.1 Å². The van der Waals surface area contributed by atoms with E-state index in [1.54, 1.807) is 26.2 Å². The predicted octanol–water partition coefficient (Wildman–Crippen LogP) is 3.13. The number of benzene rings is 1. The third kappa shape index (κ3) is 2.82. The van der Waals surface area contributed by atoms with Crippen LogP contribution in [0.15, 0.2) is 29.6 Å². The highest BCUT2D eigenvalue weighted by Crippen LogP contribution is 2.26. The average molecular weight is 291 g/mol. The van der Waals surface area contributed by atoms with Crippen LogP contribution in [0.2, 0.25) is 0 Å². The summed E-state index contributed by atoms with van der Waals surface area (Å²) in [5.41, 5.74) is -0.0195. The molecule has 1 aromatic heterocycles. The molecule has 2 N–H and O–H groups in total. The van der Waals surface area contributed by atoms with Crippen LogP contribution in [0, 0.1) is 5.41 Å². The second-order valence-corrected chi connectivity index (χ2v) is 6.67. The Balaban J connectivity index is 2.30. The number of rotatable bonds is 3. The van der Waals surface area contributed by atoms with Crippen molar-refractivity contribution in [3.05, 3.63) is 35.2 Å². The van der Waals surface area contributed by atoms with Crippen LogP contribution < -0.4 is 5.32 Å². The maximum atomic E-state index is 12.3. The van der Waals surface area contributed by atoms with Crippen LogP contribution in [-0.2, 0) is 4.79 Å². The molecule has 1 heterocycles. The van der Waals surface area contributed by atoms with E-state index < -0.39 is 17.4 Å². The molecule has 5 heteroatoms. The Morgan fingerprint density at radius 3 is 2.50 bits per heavy atom. The van der Waals surface area contributed by atoms with E-state index in [1.165, 1.54) is 11.3 Å². The molecule has 0 aliphatic carbocycles. The minimum absolute atomic E-state index is 0.343. The van der Waals surface area contributed by atoms with Crippen molar-refractivity contribution in [3.8, 4) is 0 Å². The van der Waals surface area contributed by atoms with Gasteiger partial charge in [0.15, 0.2) is 0 Å². The Morgan fingerprint density at radius 2 is 1.90 bits per heavy atom. The van der Waals surface area contributed by atoms with Crippen LogP contribution in [0.4, 0.5) is 0 Å². The van der Waals surface area contributed by atoms with Crippen molar-refractivity contribution < 1.29 is 14.7 Å². The maximum Gasteiger partial charge on any atom is 0.326 e. The van der Waals surface area contributed by atoms with Gasteiger partial charge in [-0.3, -0.25) is 4.79 Å². The average Bonchev–Trinajstić information content (AvgIpc) is 2.77. The molecule has 0 spiro atoms. The van der Waals surface area contributed by atoms with Crippen molar-refractivity contribution in [2.24, 2.45) is 5.41 Å². The van der Waals surface area contributed by atoms with Gasteiger partial charge in [-0.15, -0.1) is 11.3 Å². The zero-order valence-electron chi connectivity index (χ0n) is 11.6. The van der Waals surface area contributed by atoms with Crippen LogP contribution in [0.5, 0.6) is 0 Å². The fraction of sp³-hybridized carbons (Fsp3) is 0.333. The van der Waals surface area contributed by atoms with Gasteiger partial charge in [0.2, 0.25) is 0 Å². The molecule has 1 atom stereocenters. The summed E-state index contributed by atoms with van der Waals surface area (Å²) in [6.45, 7) is 5.37. The SMILES string of the molecule is CC(C)(C)C(NC(=O)c1csc2ccccc12)C(=O)O. The van der Waals surface area contributed by atoms with Gasteiger partial charge in [-0.05, 0) is 11.5 Å². The Kier molecular flexibility index (Phi) is 3.81. The van der Waals surface area contributed by atoms with Gasteiger partial charge in [-0.2, -0.15) is 0 Å². The monoisotopic (exact) mass is 291 g/mol. The number of hydrogen-bond acceptors (Lipinski definition) is 3. The van der Waals surface area contributed by atoms with Crippen LogP contribution in [-0.4, -0.2) is 23.0 Å². The highest BCUT2D eigenvalue weighted by Gasteiger charge is 2.33. The lowest BCUT2D eigenvalue weighted by molar-refractivity contribution is -0.142. The molecule has 2 rings (SSSR count). The number of carbonyl (C=O) groups is 2. The summed E-state index contributed by atoms with van der Waals surface area (Å²) in [6, 6.07) is 6.66. The van der Waals surface area contributed by atoms with Gasteiger partial charge in [0, 0.05) is 15.5 Å². The molecular weight excluding hydrogens is 274 g/mol. The molecule has 1 amide bonds. The number of aliphatic carboxylic acids is 1. The highest BCUT2D eigenvalue weighted by atomic mass is 32.1. The Bertz CT molecular complexity index is 654. The number of carbonyl (C=O) groups excluding carboxylic acids is 1. The Hall–Kier alpha value is -1.88. The molecule has 106 valence electrons. The summed E-state index contributed by atoms with van der Waals surface area (Å²) in [6.07, 6.45) is 0. The third-order valence-corrected chi connectivity index (χ3v) is 4.08. The third-order valence-electron chi connectivity index (χ3n) is 3.11. The van der Waals surface area contributed by atoms with Crippen LogP contribution in [0.3, 0.4) is 0 Å². The molecule has 0 saturated carbocycles. The molecule has 1 unspecified atom stereocenters. The second kappa shape index (κ2) is 5.25. The molecule has 0 aliphatic heterocycles. The number of carboxylic acid groups (broad SMARTS) is 1. The molecular formula is C15H17NO3S. The van der Waals surface area contributed by atoms with Crippen LogP contribution >= 0.6 is 11.3 Å². The van der Waals surface area contributed by atoms with E-state index in [0.29, 0.717) is 5.56 Å². The molecule has 20 heavy (non-hydrogen) atoms. The maximum absolute atomic E-state index is 12.3. The zero-order chi connectivity index (χ0) is 14.9. The zero-order valence-corrected chi connectivity index (χ0v) is 12.5. The Labute approximate surface area is 121 Å². The lowest BCUT2D eigenvalue weighted by Gasteiger charge is -2.27. The standard InChI is InChI=1S/C15H17NO3S/c1-15(2,3)12(14(18)19)16-13(17)10-8-20-11-7-5-4-6-9(10)11/h4-8,12H,1-3H3,(H,16,17)(H,18,19). The van der Waals surface area contributed by atoms with Gasteiger partial charge in [0.1, 0.15) is 6.04 Å². The van der Waals surface area contributed by atoms with E-state index in [9.17, 15) is 14.7 Å². The minimum Gasteiger partial charge on any atom is -0.480 e. The molecule has 0 fully saturated rings. The van der Waals surface area contributed by atoms with Crippen molar-refractivity contribution in [2.75, 3.05) is 0 Å². The van der Waals surface area contributed by atoms with Crippen LogP contribution in [0.25, 0.3) is 10.1 Å². The van der Waals surface area contributed by atoms with Crippen molar-refractivity contribution in [2.45, 2.75) is 26.8 Å². The topological polar surface area (TPSA) is 66.4 Å². The van der Waals surface area contributed by atoms with Crippen molar-refractivity contribution in [1.82, 2.24) is 5.32 Å². The number of nitrogens with one attached hydrogen (secondary N) is 1. The van der Waals surface area contributed by atoms with Crippen molar-refractivity contribution in [1.29, 1.82) is 0 Å². The first-order valence-corrected chi connectivity index (χ1v) is 7.18. The number of carboxylic acids is 1. The van der Waals surface area contributed by atoms with Gasteiger partial charge in [-0.25, -0.2) is 4.79 Å². The quantitative estimate of drug-likeness (QED) is 0.913. The molecule has 4 nitrogen and oxygen atoms in total. The van der Waals surface area contributed by atoms with Gasteiger partial charge in [0.25, 0.3) is 5.91 Å². The lowest BCUT2D eigenvalue weighted by atomic mass is 9.86. The summed E-state index contributed by atoms with van der Waals surface area (Å²) in [5, 5.41) is 14.5. The summed E-state index contributed by atoms with van der Waals surface area (Å²) in [4.78, 5) is 23.6. The van der Waals surface area contributed by atoms with Gasteiger partial charge >= 0.3 is 5.97 Å². The number of fused-ring (bicyclic) bond motifs is 1. The minimum atomic E-state index is -1.02. The van der Waals surface area contributed by atoms with E-state index in [2.05, 4.69) is 5.32 Å². The number of hydrogen-bond donors (Lipinski definition) is 2. The Morgan fingerprint density at radius 1 is 1.25 bits per heavy atom. The smallest absolute Gasteiger partial charge is 0.326 e. The molecule has 1 aromatic carbocycles. The number of amides is 1. The number of thiophene rings is 1. The lowest BCUT2D eigenvalue weighted by Crippen LogP contribution is -2.49. The van der Waals surface area contributed by atoms with Gasteiger partial charge in [0.05, 0.1) is 5.56 Å². The summed E-state index contributed by atoms with van der Waals surface area (Å²) >= 11 is 1.48. The van der Waals surface area contributed by atoms with Gasteiger partial charge < -0.3 is 10.4 Å². The van der Waals surface area contributed by atoms with E-state index in [0.717, 1.165) is 10.1 Å². The van der Waals surface area contributed by atoms with Crippen molar-refractivity contribution >= 4 is 33.3 Å². The predicted molar refractivity (Wildman–Crippen MR) is 80.2 cm³/mol. The van der Waals surface area contributed by atoms with Crippen molar-refractivity contribution in [3.63, 3.8) is 0 Å². The second-order valence-electron chi connectivity index (χ2n) is 5.76. The first-order chi connectivity index (χ1) is 9.30. The first-order valence-electron chi connectivity index (χ1n) is 6.30. The summed E-state index contributed by atoms with van der Waals surface area (Å²) < 4.78 is 1.01.